The van der Waals surface area contributed by atoms with Gasteiger partial charge in [0.05, 0.1) is 5.69 Å². The highest BCUT2D eigenvalue weighted by Gasteiger charge is 2.34. The number of rotatable bonds is 2. The summed E-state index contributed by atoms with van der Waals surface area (Å²) in [5.41, 5.74) is 1.33. The minimum absolute atomic E-state index is 0.119. The van der Waals surface area contributed by atoms with Crippen LogP contribution in [0.5, 0.6) is 0 Å². The topological polar surface area (TPSA) is 17.8 Å². The maximum atomic E-state index is 13.2. The molecule has 0 spiro atoms. The maximum absolute atomic E-state index is 13.2. The number of alkyl halides is 3. The van der Waals surface area contributed by atoms with Crippen molar-refractivity contribution in [3.05, 3.63) is 65.3 Å². The number of hydrogen-bond donors (Lipinski definition) is 0. The average Bonchev–Trinajstić information content (AvgIpc) is 2.94. The molecule has 0 bridgehead atoms. The monoisotopic (exact) mass is 366 g/mol. The number of hydrogen-bond acceptors (Lipinski definition) is 1. The van der Waals surface area contributed by atoms with Gasteiger partial charge in [-0.2, -0.15) is 0 Å². The fourth-order valence-corrected chi connectivity index (χ4v) is 2.39. The van der Waals surface area contributed by atoms with Crippen molar-refractivity contribution in [2.75, 3.05) is 0 Å². The van der Waals surface area contributed by atoms with E-state index in [1.165, 1.54) is 0 Å². The zero-order chi connectivity index (χ0) is 15.7. The number of nitrogens with zero attached hydrogens (tertiary/aromatic N) is 2. The van der Waals surface area contributed by atoms with Crippen molar-refractivity contribution in [1.29, 1.82) is 0 Å². The van der Waals surface area contributed by atoms with Crippen LogP contribution in [0.15, 0.2) is 65.3 Å². The second kappa shape index (κ2) is 5.61. The Morgan fingerprint density at radius 1 is 0.864 bits per heavy atom. The van der Waals surface area contributed by atoms with Crippen molar-refractivity contribution < 1.29 is 13.2 Å². The van der Waals surface area contributed by atoms with Gasteiger partial charge < -0.3 is 0 Å². The molecule has 22 heavy (non-hydrogen) atoms. The van der Waals surface area contributed by atoms with Gasteiger partial charge in [-0.25, -0.2) is 9.55 Å². The molecule has 0 saturated carbocycles. The Bertz CT molecular complexity index is 777. The van der Waals surface area contributed by atoms with Gasteiger partial charge in [-0.1, -0.05) is 58.4 Å². The van der Waals surface area contributed by atoms with Gasteiger partial charge in [0.1, 0.15) is 5.82 Å². The van der Waals surface area contributed by atoms with Gasteiger partial charge in [0, 0.05) is 21.8 Å². The average molecular weight is 367 g/mol. The third kappa shape index (κ3) is 2.92. The van der Waals surface area contributed by atoms with E-state index in [0.717, 1.165) is 10.7 Å². The fourth-order valence-electron chi connectivity index (χ4n) is 2.12. The molecule has 1 heterocycles. The smallest absolute Gasteiger partial charge is 0.240 e. The van der Waals surface area contributed by atoms with Crippen LogP contribution in [0, 0.1) is 0 Å². The lowest BCUT2D eigenvalue weighted by molar-refractivity contribution is -0.202. The molecule has 6 heteroatoms. The minimum atomic E-state index is -4.52. The van der Waals surface area contributed by atoms with Gasteiger partial charge in [0.25, 0.3) is 0 Å². The van der Waals surface area contributed by atoms with E-state index >= 15 is 0 Å². The molecule has 2 aromatic carbocycles. The minimum Gasteiger partial charge on any atom is -0.240 e. The van der Waals surface area contributed by atoms with Crippen LogP contribution < -0.4 is 0 Å². The Hall–Kier alpha value is -2.08. The normalized spacial score (nSPS) is 11.6. The molecular formula is C16H10BrF3N2. The van der Waals surface area contributed by atoms with Crippen LogP contribution in [0.4, 0.5) is 13.2 Å². The molecule has 1 aromatic heterocycles. The Balaban J connectivity index is 2.15. The van der Waals surface area contributed by atoms with Crippen LogP contribution in [-0.2, 0) is 6.30 Å². The molecule has 0 aliphatic rings. The summed E-state index contributed by atoms with van der Waals surface area (Å²) in [5.74, 6) is -0.119. The lowest BCUT2D eigenvalue weighted by Crippen LogP contribution is -2.16. The number of halogens is 4. The van der Waals surface area contributed by atoms with Crippen molar-refractivity contribution in [3.63, 3.8) is 0 Å². The second-order valence-corrected chi connectivity index (χ2v) is 5.58. The Kier molecular flexibility index (Phi) is 3.78. The van der Waals surface area contributed by atoms with Crippen LogP contribution in [0.25, 0.3) is 22.6 Å². The molecule has 2 nitrogen and oxygen atoms in total. The van der Waals surface area contributed by atoms with E-state index in [4.69, 9.17) is 0 Å². The van der Waals surface area contributed by atoms with Crippen molar-refractivity contribution in [1.82, 2.24) is 9.55 Å². The van der Waals surface area contributed by atoms with E-state index in [2.05, 4.69) is 20.9 Å². The van der Waals surface area contributed by atoms with Crippen molar-refractivity contribution in [2.45, 2.75) is 6.30 Å². The quantitative estimate of drug-likeness (QED) is 0.589. The summed E-state index contributed by atoms with van der Waals surface area (Å²) in [5, 5.41) is 0. The highest BCUT2D eigenvalue weighted by molar-refractivity contribution is 9.10. The molecule has 3 aromatic rings. The molecular weight excluding hydrogens is 357 g/mol. The van der Waals surface area contributed by atoms with E-state index in [1.54, 1.807) is 54.6 Å². The number of aromatic nitrogens is 2. The van der Waals surface area contributed by atoms with E-state index in [1.807, 2.05) is 0 Å². The molecule has 0 saturated heterocycles. The molecule has 3 rings (SSSR count). The maximum Gasteiger partial charge on any atom is 0.490 e. The first kappa shape index (κ1) is 14.8. The second-order valence-electron chi connectivity index (χ2n) is 4.66. The van der Waals surface area contributed by atoms with Gasteiger partial charge in [-0.15, -0.1) is 13.2 Å². The summed E-state index contributed by atoms with van der Waals surface area (Å²) >= 11 is 3.30. The molecule has 0 radical (unpaired) electrons. The van der Waals surface area contributed by atoms with Crippen LogP contribution in [0.3, 0.4) is 0 Å². The van der Waals surface area contributed by atoms with Gasteiger partial charge in [0.2, 0.25) is 0 Å². The van der Waals surface area contributed by atoms with Crippen molar-refractivity contribution >= 4 is 15.9 Å². The molecule has 0 unspecified atom stereocenters. The predicted molar refractivity (Wildman–Crippen MR) is 82.1 cm³/mol. The van der Waals surface area contributed by atoms with Crippen LogP contribution in [-0.4, -0.2) is 9.55 Å². The van der Waals surface area contributed by atoms with E-state index in [0.29, 0.717) is 11.1 Å². The lowest BCUT2D eigenvalue weighted by Gasteiger charge is -2.10. The Morgan fingerprint density at radius 3 is 2.09 bits per heavy atom. The van der Waals surface area contributed by atoms with E-state index in [-0.39, 0.29) is 16.1 Å². The van der Waals surface area contributed by atoms with Gasteiger partial charge in [-0.3, -0.25) is 0 Å². The molecule has 0 atom stereocenters. The zero-order valence-corrected chi connectivity index (χ0v) is 12.8. The lowest BCUT2D eigenvalue weighted by atomic mass is 10.2. The van der Waals surface area contributed by atoms with Gasteiger partial charge in [-0.05, 0) is 12.1 Å². The molecule has 0 aliphatic carbocycles. The third-order valence-electron chi connectivity index (χ3n) is 3.15. The highest BCUT2D eigenvalue weighted by Crippen LogP contribution is 2.33. The zero-order valence-electron chi connectivity index (χ0n) is 11.2. The molecule has 0 fully saturated rings. The first-order valence-corrected chi connectivity index (χ1v) is 7.22. The SMILES string of the molecule is FC(F)(F)n1cc(-c2ccc(Br)cc2)nc1-c1ccccc1. The van der Waals surface area contributed by atoms with Crippen molar-refractivity contribution in [2.24, 2.45) is 0 Å². The third-order valence-corrected chi connectivity index (χ3v) is 3.68. The Labute approximate surface area is 133 Å². The van der Waals surface area contributed by atoms with E-state index in [9.17, 15) is 13.2 Å². The standard InChI is InChI=1S/C16H10BrF3N2/c17-13-8-6-11(7-9-13)14-10-22(16(18,19)20)15(21-14)12-4-2-1-3-5-12/h1-10H. The molecule has 0 aliphatic heterocycles. The number of benzene rings is 2. The summed E-state index contributed by atoms with van der Waals surface area (Å²) < 4.78 is 40.8. The first-order chi connectivity index (χ1) is 10.4. The predicted octanol–water partition coefficient (Wildman–Crippen LogP) is 5.46. The highest BCUT2D eigenvalue weighted by atomic mass is 79.9. The van der Waals surface area contributed by atoms with Crippen molar-refractivity contribution in [3.8, 4) is 22.6 Å². The first-order valence-electron chi connectivity index (χ1n) is 6.43. The summed E-state index contributed by atoms with van der Waals surface area (Å²) in [6.45, 7) is 0. The summed E-state index contributed by atoms with van der Waals surface area (Å²) in [4.78, 5) is 4.17. The summed E-state index contributed by atoms with van der Waals surface area (Å²) in [7, 11) is 0. The molecule has 112 valence electrons. The van der Waals surface area contributed by atoms with Crippen LogP contribution >= 0.6 is 15.9 Å². The van der Waals surface area contributed by atoms with Gasteiger partial charge >= 0.3 is 6.30 Å². The number of imidazole rings is 1. The van der Waals surface area contributed by atoms with Gasteiger partial charge in [0.15, 0.2) is 0 Å². The molecule has 0 N–H and O–H groups in total. The summed E-state index contributed by atoms with van der Waals surface area (Å²) in [6, 6.07) is 15.3. The van der Waals surface area contributed by atoms with Crippen LogP contribution in [0.2, 0.25) is 0 Å². The summed E-state index contributed by atoms with van der Waals surface area (Å²) in [6.07, 6.45) is -3.50. The molecule has 0 amide bonds. The van der Waals surface area contributed by atoms with E-state index < -0.39 is 6.30 Å². The largest absolute Gasteiger partial charge is 0.490 e. The Morgan fingerprint density at radius 2 is 1.50 bits per heavy atom. The fraction of sp³-hybridized carbons (Fsp3) is 0.0625. The van der Waals surface area contributed by atoms with Crippen LogP contribution in [0.1, 0.15) is 0 Å².